The lowest BCUT2D eigenvalue weighted by Gasteiger charge is -2.36. The highest BCUT2D eigenvalue weighted by Gasteiger charge is 2.41. The summed E-state index contributed by atoms with van der Waals surface area (Å²) < 4.78 is 1.60. The van der Waals surface area contributed by atoms with Crippen LogP contribution < -0.4 is 5.56 Å². The number of nitrogens with zero attached hydrogens (tertiary/aromatic N) is 5. The lowest BCUT2D eigenvalue weighted by atomic mass is 10.1. The molecule has 1 aromatic carbocycles. The smallest absolute Gasteiger partial charge is 0.315 e. The van der Waals surface area contributed by atoms with E-state index in [1.54, 1.807) is 14.4 Å². The number of pyridine rings is 1. The van der Waals surface area contributed by atoms with Crippen molar-refractivity contribution in [2.75, 3.05) is 13.1 Å². The molecule has 190 valence electrons. The van der Waals surface area contributed by atoms with Crippen molar-refractivity contribution in [3.05, 3.63) is 85.3 Å². The third kappa shape index (κ3) is 3.88. The van der Waals surface area contributed by atoms with Gasteiger partial charge in [0.15, 0.2) is 5.69 Å². The molecule has 9 nitrogen and oxygen atoms in total. The van der Waals surface area contributed by atoms with Gasteiger partial charge in [-0.05, 0) is 36.8 Å². The summed E-state index contributed by atoms with van der Waals surface area (Å²) >= 11 is 12.5. The number of carbonyl (C=O) groups excluding carboxylic acids is 2. The van der Waals surface area contributed by atoms with E-state index in [1.807, 2.05) is 12.1 Å². The number of rotatable bonds is 3. The summed E-state index contributed by atoms with van der Waals surface area (Å²) in [5.41, 5.74) is 1.59. The molecule has 1 N–H and O–H groups in total. The topological polar surface area (TPSA) is 109 Å². The normalized spacial score (nSPS) is 19.3. The minimum Gasteiger partial charge on any atom is -0.501 e. The van der Waals surface area contributed by atoms with Crippen molar-refractivity contribution in [2.45, 2.75) is 44.3 Å². The summed E-state index contributed by atoms with van der Waals surface area (Å²) in [6.07, 6.45) is 5.37. The number of benzene rings is 1. The van der Waals surface area contributed by atoms with Crippen molar-refractivity contribution in [3.63, 3.8) is 0 Å². The Morgan fingerprint density at radius 3 is 2.35 bits per heavy atom. The van der Waals surface area contributed by atoms with E-state index in [2.05, 4.69) is 22.1 Å². The number of carbonyl (C=O) groups is 2. The van der Waals surface area contributed by atoms with Crippen LogP contribution in [-0.2, 0) is 19.4 Å². The summed E-state index contributed by atoms with van der Waals surface area (Å²) in [4.78, 5) is 51.3. The van der Waals surface area contributed by atoms with E-state index in [0.717, 1.165) is 12.8 Å². The zero-order valence-corrected chi connectivity index (χ0v) is 21.2. The molecular weight excluding hydrogens is 517 g/mol. The summed E-state index contributed by atoms with van der Waals surface area (Å²) in [7, 11) is 0. The fourth-order valence-electron chi connectivity index (χ4n) is 5.85. The van der Waals surface area contributed by atoms with Crippen LogP contribution >= 0.6 is 23.2 Å². The van der Waals surface area contributed by atoms with Gasteiger partial charge >= 0.3 is 5.56 Å². The average molecular weight is 540 g/mol. The van der Waals surface area contributed by atoms with Crippen LogP contribution in [0, 0.1) is 0 Å². The van der Waals surface area contributed by atoms with Crippen molar-refractivity contribution in [2.24, 2.45) is 0 Å². The Morgan fingerprint density at radius 2 is 1.68 bits per heavy atom. The highest BCUT2D eigenvalue weighted by molar-refractivity contribution is 6.39. The molecule has 3 aromatic rings. The van der Waals surface area contributed by atoms with Crippen LogP contribution in [0.5, 0.6) is 5.75 Å². The number of aromatic hydroxyl groups is 1. The Hall–Kier alpha value is -3.43. The molecule has 1 fully saturated rings. The molecule has 1 aliphatic carbocycles. The van der Waals surface area contributed by atoms with E-state index in [1.165, 1.54) is 23.5 Å². The Balaban J connectivity index is 1.36. The van der Waals surface area contributed by atoms with Gasteiger partial charge in [0.2, 0.25) is 5.75 Å². The lowest BCUT2D eigenvalue weighted by Crippen LogP contribution is -2.49. The van der Waals surface area contributed by atoms with Crippen molar-refractivity contribution < 1.29 is 14.7 Å². The van der Waals surface area contributed by atoms with Crippen LogP contribution in [-0.4, -0.2) is 60.4 Å². The number of likely N-dealkylation sites (tertiary alicyclic amines) is 1. The third-order valence-electron chi connectivity index (χ3n) is 7.57. The van der Waals surface area contributed by atoms with Crippen molar-refractivity contribution in [1.29, 1.82) is 0 Å². The second-order valence-electron chi connectivity index (χ2n) is 9.59. The number of hydrogen-bond donors (Lipinski definition) is 1. The standard InChI is InChI=1S/C26H23Cl2N5O4/c27-17-12-29-13-18(28)20(17)25(36)32-7-3-6-19(32)23-30-24(35)22(34)21-26(37)31(8-9-33(21)23)16-10-14-4-1-2-5-15(14)11-16/h1-2,4-5,12-13,16,19,34H,3,6-11H2/t19-/m0/s1. The van der Waals surface area contributed by atoms with Crippen LogP contribution in [0.1, 0.15) is 56.7 Å². The van der Waals surface area contributed by atoms with Crippen LogP contribution in [0.15, 0.2) is 41.5 Å². The highest BCUT2D eigenvalue weighted by Crippen LogP contribution is 2.37. The molecule has 2 aromatic heterocycles. The Morgan fingerprint density at radius 1 is 1.00 bits per heavy atom. The summed E-state index contributed by atoms with van der Waals surface area (Å²) in [6, 6.07) is 7.47. The summed E-state index contributed by atoms with van der Waals surface area (Å²) in [6.45, 7) is 1.16. The fraction of sp³-hybridized carbons (Fsp3) is 0.346. The van der Waals surface area contributed by atoms with E-state index in [4.69, 9.17) is 23.2 Å². The SMILES string of the molecule is O=C1c2c(O)c(=O)nc([C@@H]3CCCN3C(=O)c3c(Cl)cncc3Cl)n2CCN1C1Cc2ccccc2C1. The summed E-state index contributed by atoms with van der Waals surface area (Å²) in [5, 5.41) is 10.9. The Bertz CT molecular complexity index is 1460. The van der Waals surface area contributed by atoms with Gasteiger partial charge in [-0.2, -0.15) is 4.98 Å². The van der Waals surface area contributed by atoms with Gasteiger partial charge < -0.3 is 19.5 Å². The molecule has 0 unspecified atom stereocenters. The molecule has 0 radical (unpaired) electrons. The highest BCUT2D eigenvalue weighted by atomic mass is 35.5. The molecule has 3 aliphatic rings. The van der Waals surface area contributed by atoms with Crippen LogP contribution in [0.4, 0.5) is 0 Å². The first-order valence-electron chi connectivity index (χ1n) is 12.2. The Labute approximate surface area is 222 Å². The van der Waals surface area contributed by atoms with Gasteiger partial charge in [-0.15, -0.1) is 0 Å². The molecule has 0 bridgehead atoms. The maximum Gasteiger partial charge on any atom is 0.315 e. The zero-order chi connectivity index (χ0) is 25.8. The molecule has 0 spiro atoms. The van der Waals surface area contributed by atoms with Gasteiger partial charge in [-0.25, -0.2) is 0 Å². The largest absolute Gasteiger partial charge is 0.501 e. The molecule has 11 heteroatoms. The number of halogens is 2. The molecule has 2 aliphatic heterocycles. The monoisotopic (exact) mass is 539 g/mol. The van der Waals surface area contributed by atoms with Gasteiger partial charge in [-0.3, -0.25) is 19.4 Å². The second-order valence-corrected chi connectivity index (χ2v) is 10.4. The van der Waals surface area contributed by atoms with Crippen molar-refractivity contribution in [1.82, 2.24) is 24.3 Å². The van der Waals surface area contributed by atoms with Crippen LogP contribution in [0.2, 0.25) is 10.0 Å². The van der Waals surface area contributed by atoms with E-state index < -0.39 is 29.2 Å². The van der Waals surface area contributed by atoms with Crippen molar-refractivity contribution >= 4 is 35.0 Å². The molecule has 0 saturated carbocycles. The Kier molecular flexibility index (Phi) is 5.92. The van der Waals surface area contributed by atoms with Crippen molar-refractivity contribution in [3.8, 4) is 5.75 Å². The number of aromatic nitrogens is 3. The maximum absolute atomic E-state index is 13.7. The molecule has 1 atom stereocenters. The predicted octanol–water partition coefficient (Wildman–Crippen LogP) is 3.25. The summed E-state index contributed by atoms with van der Waals surface area (Å²) in [5.74, 6) is -1.18. The second kappa shape index (κ2) is 9.15. The van der Waals surface area contributed by atoms with E-state index in [-0.39, 0.29) is 33.2 Å². The zero-order valence-electron chi connectivity index (χ0n) is 19.7. The molecule has 37 heavy (non-hydrogen) atoms. The molecule has 2 amide bonds. The van der Waals surface area contributed by atoms with Gasteiger partial charge in [0, 0.05) is 38.1 Å². The molecule has 1 saturated heterocycles. The molecule has 6 rings (SSSR count). The van der Waals surface area contributed by atoms with Gasteiger partial charge in [0.25, 0.3) is 11.8 Å². The van der Waals surface area contributed by atoms with Gasteiger partial charge in [0.1, 0.15) is 5.82 Å². The van der Waals surface area contributed by atoms with E-state index >= 15 is 0 Å². The van der Waals surface area contributed by atoms with E-state index in [9.17, 15) is 19.5 Å². The van der Waals surface area contributed by atoms with Gasteiger partial charge in [0.05, 0.1) is 21.7 Å². The first-order valence-corrected chi connectivity index (χ1v) is 12.9. The number of amides is 2. The maximum atomic E-state index is 13.7. The third-order valence-corrected chi connectivity index (χ3v) is 8.14. The first-order chi connectivity index (χ1) is 17.8. The lowest BCUT2D eigenvalue weighted by molar-refractivity contribution is 0.0607. The molecular formula is C26H23Cl2N5O4. The van der Waals surface area contributed by atoms with Crippen LogP contribution in [0.3, 0.4) is 0 Å². The van der Waals surface area contributed by atoms with Crippen LogP contribution in [0.25, 0.3) is 0 Å². The van der Waals surface area contributed by atoms with Gasteiger partial charge in [-0.1, -0.05) is 47.5 Å². The molecule has 4 heterocycles. The predicted molar refractivity (Wildman–Crippen MR) is 136 cm³/mol. The minimum atomic E-state index is -0.884. The number of hydrogen-bond acceptors (Lipinski definition) is 6. The quantitative estimate of drug-likeness (QED) is 0.547. The van der Waals surface area contributed by atoms with E-state index in [0.29, 0.717) is 32.5 Å². The number of fused-ring (bicyclic) bond motifs is 2. The fourth-order valence-corrected chi connectivity index (χ4v) is 6.37. The minimum absolute atomic E-state index is 0.0507. The average Bonchev–Trinajstić information content (AvgIpc) is 3.53. The first kappa shape index (κ1) is 23.9.